The van der Waals surface area contributed by atoms with Crippen molar-refractivity contribution in [2.24, 2.45) is 0 Å². The molecular weight excluding hydrogens is 152 g/mol. The number of rotatable bonds is 2. The molecule has 0 aromatic heterocycles. The smallest absolute Gasteiger partial charge is 0.370 e. The minimum atomic E-state index is -0.449. The summed E-state index contributed by atoms with van der Waals surface area (Å²) in [6.07, 6.45) is 0.829. The Morgan fingerprint density at radius 2 is 2.60 bits per heavy atom. The van der Waals surface area contributed by atoms with E-state index in [-0.39, 0.29) is 10.6 Å². The molecule has 10 heavy (non-hydrogen) atoms. The topological polar surface area (TPSA) is 35.5 Å². The van der Waals surface area contributed by atoms with Gasteiger partial charge in [-0.05, 0) is 18.7 Å². The molecule has 0 bridgehead atoms. The SMILES string of the molecule is C=COC1OC(=O)SC1C. The molecule has 0 radical (unpaired) electrons. The molecule has 0 aliphatic carbocycles. The molecule has 1 rings (SSSR count). The molecule has 56 valence electrons. The Bertz CT molecular complexity index is 157. The van der Waals surface area contributed by atoms with Crippen LogP contribution in [-0.4, -0.2) is 16.8 Å². The normalized spacial score (nSPS) is 31.5. The molecule has 0 aromatic rings. The van der Waals surface area contributed by atoms with Gasteiger partial charge in [0.2, 0.25) is 0 Å². The van der Waals surface area contributed by atoms with E-state index in [1.54, 1.807) is 0 Å². The summed E-state index contributed by atoms with van der Waals surface area (Å²) in [7, 11) is 0. The molecule has 0 saturated carbocycles. The highest BCUT2D eigenvalue weighted by atomic mass is 32.2. The van der Waals surface area contributed by atoms with Gasteiger partial charge in [0.25, 0.3) is 6.29 Å². The van der Waals surface area contributed by atoms with E-state index in [1.807, 2.05) is 6.92 Å². The Balaban J connectivity index is 2.45. The molecule has 0 N–H and O–H groups in total. The molecule has 1 saturated heterocycles. The third kappa shape index (κ3) is 1.44. The molecule has 2 atom stereocenters. The van der Waals surface area contributed by atoms with E-state index in [9.17, 15) is 4.79 Å². The largest absolute Gasteiger partial charge is 0.462 e. The third-order valence-electron chi connectivity index (χ3n) is 1.11. The van der Waals surface area contributed by atoms with E-state index in [0.29, 0.717) is 0 Å². The predicted octanol–water partition coefficient (Wildman–Crippen LogP) is 1.74. The van der Waals surface area contributed by atoms with Gasteiger partial charge in [-0.1, -0.05) is 6.58 Å². The number of ether oxygens (including phenoxy) is 2. The van der Waals surface area contributed by atoms with Crippen molar-refractivity contribution in [1.82, 2.24) is 0 Å². The highest BCUT2D eigenvalue weighted by molar-refractivity contribution is 8.14. The first-order valence-electron chi connectivity index (χ1n) is 2.87. The second kappa shape index (κ2) is 2.96. The molecule has 2 unspecified atom stereocenters. The van der Waals surface area contributed by atoms with Gasteiger partial charge in [-0.2, -0.15) is 0 Å². The van der Waals surface area contributed by atoms with Crippen molar-refractivity contribution in [3.8, 4) is 0 Å². The van der Waals surface area contributed by atoms with Crippen LogP contribution in [-0.2, 0) is 9.47 Å². The summed E-state index contributed by atoms with van der Waals surface area (Å²) in [5.74, 6) is 0. The van der Waals surface area contributed by atoms with Gasteiger partial charge in [-0.15, -0.1) is 0 Å². The lowest BCUT2D eigenvalue weighted by atomic mass is 10.5. The van der Waals surface area contributed by atoms with Crippen molar-refractivity contribution < 1.29 is 14.3 Å². The van der Waals surface area contributed by atoms with Crippen LogP contribution in [0.25, 0.3) is 0 Å². The van der Waals surface area contributed by atoms with Gasteiger partial charge in [-0.3, -0.25) is 0 Å². The van der Waals surface area contributed by atoms with Crippen molar-refractivity contribution >= 4 is 17.1 Å². The lowest BCUT2D eigenvalue weighted by Gasteiger charge is -2.10. The van der Waals surface area contributed by atoms with Crippen LogP contribution in [0.15, 0.2) is 12.8 Å². The zero-order valence-electron chi connectivity index (χ0n) is 5.57. The van der Waals surface area contributed by atoms with Crippen LogP contribution in [0.2, 0.25) is 0 Å². The second-order valence-electron chi connectivity index (χ2n) is 1.86. The molecular formula is C6H8O3S. The highest BCUT2D eigenvalue weighted by Crippen LogP contribution is 2.28. The lowest BCUT2D eigenvalue weighted by molar-refractivity contribution is -0.0403. The molecule has 1 aliphatic heterocycles. The van der Waals surface area contributed by atoms with E-state index in [1.165, 1.54) is 6.26 Å². The summed E-state index contributed by atoms with van der Waals surface area (Å²) < 4.78 is 9.63. The van der Waals surface area contributed by atoms with E-state index in [0.717, 1.165) is 11.8 Å². The Hall–Kier alpha value is -0.640. The van der Waals surface area contributed by atoms with Gasteiger partial charge in [0, 0.05) is 0 Å². The summed E-state index contributed by atoms with van der Waals surface area (Å²) in [5.41, 5.74) is 0. The van der Waals surface area contributed by atoms with Crippen LogP contribution in [0.5, 0.6) is 0 Å². The Labute approximate surface area is 63.4 Å². The van der Waals surface area contributed by atoms with Gasteiger partial charge in [-0.25, -0.2) is 4.79 Å². The van der Waals surface area contributed by atoms with Crippen LogP contribution in [0.4, 0.5) is 4.79 Å². The average Bonchev–Trinajstić information content (AvgIpc) is 2.13. The first kappa shape index (κ1) is 7.47. The van der Waals surface area contributed by atoms with E-state index in [4.69, 9.17) is 9.47 Å². The van der Waals surface area contributed by atoms with Crippen molar-refractivity contribution in [3.63, 3.8) is 0 Å². The quantitative estimate of drug-likeness (QED) is 0.455. The van der Waals surface area contributed by atoms with Crippen LogP contribution >= 0.6 is 11.8 Å². The predicted molar refractivity (Wildman–Crippen MR) is 38.6 cm³/mol. The average molecular weight is 160 g/mol. The summed E-state index contributed by atoms with van der Waals surface area (Å²) in [4.78, 5) is 10.6. The van der Waals surface area contributed by atoms with Crippen LogP contribution < -0.4 is 0 Å². The molecule has 4 heteroatoms. The Morgan fingerprint density at radius 3 is 3.00 bits per heavy atom. The fraction of sp³-hybridized carbons (Fsp3) is 0.500. The molecule has 3 nitrogen and oxygen atoms in total. The van der Waals surface area contributed by atoms with Gasteiger partial charge in [0.05, 0.1) is 11.5 Å². The van der Waals surface area contributed by atoms with Crippen LogP contribution in [0.3, 0.4) is 0 Å². The number of carbonyl (C=O) groups excluding carboxylic acids is 1. The lowest BCUT2D eigenvalue weighted by Crippen LogP contribution is -2.17. The fourth-order valence-corrected chi connectivity index (χ4v) is 1.34. The molecule has 1 heterocycles. The molecule has 1 fully saturated rings. The van der Waals surface area contributed by atoms with Crippen LogP contribution in [0.1, 0.15) is 6.92 Å². The zero-order valence-corrected chi connectivity index (χ0v) is 6.39. The van der Waals surface area contributed by atoms with Crippen molar-refractivity contribution in [2.45, 2.75) is 18.5 Å². The number of carbonyl (C=O) groups is 1. The van der Waals surface area contributed by atoms with Gasteiger partial charge in [0.1, 0.15) is 0 Å². The van der Waals surface area contributed by atoms with Gasteiger partial charge in [0.15, 0.2) is 0 Å². The third-order valence-corrected chi connectivity index (χ3v) is 1.99. The van der Waals surface area contributed by atoms with Gasteiger partial charge < -0.3 is 9.47 Å². The van der Waals surface area contributed by atoms with Crippen LogP contribution in [0, 0.1) is 0 Å². The first-order valence-corrected chi connectivity index (χ1v) is 3.75. The maximum atomic E-state index is 10.6. The maximum absolute atomic E-state index is 10.6. The van der Waals surface area contributed by atoms with E-state index < -0.39 is 6.29 Å². The second-order valence-corrected chi connectivity index (χ2v) is 3.17. The zero-order chi connectivity index (χ0) is 7.56. The van der Waals surface area contributed by atoms with Crippen molar-refractivity contribution in [1.29, 1.82) is 0 Å². The summed E-state index contributed by atoms with van der Waals surface area (Å²) in [6.45, 7) is 5.23. The minimum Gasteiger partial charge on any atom is -0.462 e. The van der Waals surface area contributed by atoms with Gasteiger partial charge >= 0.3 is 5.30 Å². The molecule has 1 aliphatic rings. The molecule has 0 spiro atoms. The van der Waals surface area contributed by atoms with Crippen molar-refractivity contribution in [2.75, 3.05) is 0 Å². The number of cyclic esters (lactones) is 1. The number of hydrogen-bond donors (Lipinski definition) is 0. The monoisotopic (exact) mass is 160 g/mol. The first-order chi connectivity index (χ1) is 4.74. The van der Waals surface area contributed by atoms with Crippen molar-refractivity contribution in [3.05, 3.63) is 12.8 Å². The number of thioether (sulfide) groups is 1. The maximum Gasteiger partial charge on any atom is 0.370 e. The highest BCUT2D eigenvalue weighted by Gasteiger charge is 2.33. The minimum absolute atomic E-state index is 0.0606. The standard InChI is InChI=1S/C6H8O3S/c1-3-8-5-4(2)10-6(7)9-5/h3-5H,1H2,2H3. The molecule has 0 amide bonds. The Kier molecular flexibility index (Phi) is 2.21. The van der Waals surface area contributed by atoms with E-state index in [2.05, 4.69) is 6.58 Å². The summed E-state index contributed by atoms with van der Waals surface area (Å²) in [6, 6.07) is 0. The fourth-order valence-electron chi connectivity index (χ4n) is 0.659. The Morgan fingerprint density at radius 1 is 1.90 bits per heavy atom. The van der Waals surface area contributed by atoms with E-state index >= 15 is 0 Å². The number of hydrogen-bond acceptors (Lipinski definition) is 4. The summed E-state index contributed by atoms with van der Waals surface area (Å²) >= 11 is 1.13. The summed E-state index contributed by atoms with van der Waals surface area (Å²) in [5, 5.41) is -0.218. The molecule has 0 aromatic carbocycles.